The zero-order valence-corrected chi connectivity index (χ0v) is 12.6. The van der Waals surface area contributed by atoms with Crippen LogP contribution >= 0.6 is 0 Å². The number of amides is 1. The van der Waals surface area contributed by atoms with Crippen molar-refractivity contribution in [2.45, 2.75) is 43.9 Å². The number of carbonyl (C=O) groups excluding carboxylic acids is 1. The Morgan fingerprint density at radius 1 is 1.40 bits per heavy atom. The largest absolute Gasteiger partial charge is 0.391 e. The van der Waals surface area contributed by atoms with Gasteiger partial charge in [0.1, 0.15) is 0 Å². The maximum absolute atomic E-state index is 12.9. The van der Waals surface area contributed by atoms with Crippen LogP contribution < -0.4 is 5.32 Å². The van der Waals surface area contributed by atoms with Gasteiger partial charge in [-0.2, -0.15) is 0 Å². The van der Waals surface area contributed by atoms with E-state index in [1.165, 1.54) is 19.3 Å². The van der Waals surface area contributed by atoms with Crippen LogP contribution in [0.2, 0.25) is 0 Å². The molecule has 114 valence electrons. The molecule has 1 saturated carbocycles. The summed E-state index contributed by atoms with van der Waals surface area (Å²) in [5.74, 6) is 1.45. The van der Waals surface area contributed by atoms with E-state index in [2.05, 4.69) is 10.2 Å². The zero-order chi connectivity index (χ0) is 14.3. The van der Waals surface area contributed by atoms with Gasteiger partial charge < -0.3 is 20.2 Å². The average Bonchev–Trinajstić information content (AvgIpc) is 3.02. The lowest BCUT2D eigenvalue weighted by Gasteiger charge is -2.30. The quantitative estimate of drug-likeness (QED) is 0.758. The van der Waals surface area contributed by atoms with E-state index >= 15 is 0 Å². The number of likely N-dealkylation sites (N-methyl/N-ethyl adjacent to an activating group) is 1. The first-order valence-electron chi connectivity index (χ1n) is 7.93. The van der Waals surface area contributed by atoms with Crippen LogP contribution in [0, 0.1) is 11.8 Å². The molecule has 0 radical (unpaired) electrons. The minimum Gasteiger partial charge on any atom is -0.391 e. The van der Waals surface area contributed by atoms with Crippen LogP contribution in [-0.4, -0.2) is 72.7 Å². The lowest BCUT2D eigenvalue weighted by Crippen LogP contribution is -2.50. The predicted octanol–water partition coefficient (Wildman–Crippen LogP) is -0.102. The van der Waals surface area contributed by atoms with Gasteiger partial charge >= 0.3 is 0 Å². The number of likely N-dealkylation sites (tertiary alicyclic amines) is 1. The summed E-state index contributed by atoms with van der Waals surface area (Å²) in [6.07, 6.45) is 4.08. The van der Waals surface area contributed by atoms with E-state index in [9.17, 15) is 9.90 Å². The highest BCUT2D eigenvalue weighted by Gasteiger charge is 2.46. The van der Waals surface area contributed by atoms with E-state index < -0.39 is 0 Å². The molecule has 5 unspecified atom stereocenters. The van der Waals surface area contributed by atoms with E-state index in [1.54, 1.807) is 0 Å². The van der Waals surface area contributed by atoms with Gasteiger partial charge in [-0.25, -0.2) is 0 Å². The van der Waals surface area contributed by atoms with Crippen LogP contribution in [0.25, 0.3) is 0 Å². The van der Waals surface area contributed by atoms with Crippen molar-refractivity contribution in [2.75, 3.05) is 33.7 Å². The number of hydrogen-bond donors (Lipinski definition) is 2. The normalized spacial score (nSPS) is 40.6. The highest BCUT2D eigenvalue weighted by molar-refractivity contribution is 5.83. The minimum atomic E-state index is -0.357. The van der Waals surface area contributed by atoms with Crippen molar-refractivity contribution in [1.82, 2.24) is 15.1 Å². The van der Waals surface area contributed by atoms with Gasteiger partial charge in [0, 0.05) is 19.1 Å². The molecule has 0 bridgehead atoms. The summed E-state index contributed by atoms with van der Waals surface area (Å²) in [5, 5.41) is 13.4. The fourth-order valence-electron chi connectivity index (χ4n) is 4.39. The van der Waals surface area contributed by atoms with Crippen LogP contribution in [0.15, 0.2) is 0 Å². The average molecular weight is 281 g/mol. The Labute approximate surface area is 121 Å². The van der Waals surface area contributed by atoms with Gasteiger partial charge in [-0.3, -0.25) is 4.79 Å². The maximum atomic E-state index is 12.9. The second-order valence-corrected chi connectivity index (χ2v) is 7.04. The molecular weight excluding hydrogens is 254 g/mol. The zero-order valence-electron chi connectivity index (χ0n) is 12.6. The van der Waals surface area contributed by atoms with E-state index in [0.29, 0.717) is 24.8 Å². The molecule has 5 atom stereocenters. The van der Waals surface area contributed by atoms with Crippen LogP contribution in [0.1, 0.15) is 25.7 Å². The Kier molecular flexibility index (Phi) is 4.02. The van der Waals surface area contributed by atoms with Crippen molar-refractivity contribution in [1.29, 1.82) is 0 Å². The third-order valence-corrected chi connectivity index (χ3v) is 5.26. The summed E-state index contributed by atoms with van der Waals surface area (Å²) in [7, 11) is 4.04. The molecule has 5 nitrogen and oxygen atoms in total. The lowest BCUT2D eigenvalue weighted by atomic mass is 9.93. The van der Waals surface area contributed by atoms with Gasteiger partial charge in [-0.15, -0.1) is 0 Å². The number of hydrogen-bond acceptors (Lipinski definition) is 4. The molecule has 0 aromatic heterocycles. The minimum absolute atomic E-state index is 0.00235. The first-order chi connectivity index (χ1) is 9.56. The second-order valence-electron chi connectivity index (χ2n) is 7.04. The Morgan fingerprint density at radius 3 is 2.95 bits per heavy atom. The van der Waals surface area contributed by atoms with Crippen molar-refractivity contribution in [3.8, 4) is 0 Å². The molecule has 2 saturated heterocycles. The lowest BCUT2D eigenvalue weighted by molar-refractivity contribution is -0.135. The Hall–Kier alpha value is -0.650. The highest BCUT2D eigenvalue weighted by Crippen LogP contribution is 2.38. The molecule has 3 aliphatic rings. The molecule has 5 heteroatoms. The van der Waals surface area contributed by atoms with Gasteiger partial charge in [0.2, 0.25) is 5.91 Å². The number of nitrogens with one attached hydrogen (secondary N) is 1. The standard InChI is InChI=1S/C15H27N3O2/c1-17(2)8-11-6-12(19)9-18(11)15(20)14-13-5-3-4-10(13)7-16-14/h10-14,16,19H,3-9H2,1-2H3. The molecule has 2 heterocycles. The number of carbonyl (C=O) groups is 1. The second kappa shape index (κ2) is 5.62. The molecule has 2 N–H and O–H groups in total. The van der Waals surface area contributed by atoms with Crippen LogP contribution in [-0.2, 0) is 4.79 Å². The maximum Gasteiger partial charge on any atom is 0.240 e. The molecule has 1 amide bonds. The van der Waals surface area contributed by atoms with Crippen molar-refractivity contribution in [3.05, 3.63) is 0 Å². The Balaban J connectivity index is 1.69. The van der Waals surface area contributed by atoms with Gasteiger partial charge in [0.05, 0.1) is 12.1 Å². The van der Waals surface area contributed by atoms with Gasteiger partial charge in [0.15, 0.2) is 0 Å². The summed E-state index contributed by atoms with van der Waals surface area (Å²) in [5.41, 5.74) is 0. The summed E-state index contributed by atoms with van der Waals surface area (Å²) in [6, 6.07) is 0.159. The first-order valence-corrected chi connectivity index (χ1v) is 7.93. The SMILES string of the molecule is CN(C)CC1CC(O)CN1C(=O)C1NCC2CCCC21. The number of aliphatic hydroxyl groups is 1. The monoisotopic (exact) mass is 281 g/mol. The van der Waals surface area contributed by atoms with Crippen LogP contribution in [0.4, 0.5) is 0 Å². The number of aliphatic hydroxyl groups excluding tert-OH is 1. The van der Waals surface area contributed by atoms with E-state index in [1.807, 2.05) is 19.0 Å². The summed E-state index contributed by atoms with van der Waals surface area (Å²) >= 11 is 0. The van der Waals surface area contributed by atoms with E-state index in [-0.39, 0.29) is 24.1 Å². The van der Waals surface area contributed by atoms with Gasteiger partial charge in [0.25, 0.3) is 0 Å². The molecular formula is C15H27N3O2. The third kappa shape index (κ3) is 2.59. The van der Waals surface area contributed by atoms with Crippen LogP contribution in [0.3, 0.4) is 0 Å². The van der Waals surface area contributed by atoms with Crippen molar-refractivity contribution in [2.24, 2.45) is 11.8 Å². The molecule has 0 aromatic rings. The van der Waals surface area contributed by atoms with Crippen molar-refractivity contribution >= 4 is 5.91 Å². The smallest absolute Gasteiger partial charge is 0.240 e. The predicted molar refractivity (Wildman–Crippen MR) is 77.3 cm³/mol. The van der Waals surface area contributed by atoms with E-state index in [4.69, 9.17) is 0 Å². The highest BCUT2D eigenvalue weighted by atomic mass is 16.3. The Bertz CT molecular complexity index is 374. The molecule has 2 aliphatic heterocycles. The summed E-state index contributed by atoms with van der Waals surface area (Å²) in [6.45, 7) is 2.34. The molecule has 3 rings (SSSR count). The Morgan fingerprint density at radius 2 is 2.20 bits per heavy atom. The number of rotatable bonds is 3. The molecule has 1 aliphatic carbocycles. The fourth-order valence-corrected chi connectivity index (χ4v) is 4.39. The van der Waals surface area contributed by atoms with Crippen molar-refractivity contribution in [3.63, 3.8) is 0 Å². The van der Waals surface area contributed by atoms with Crippen LogP contribution in [0.5, 0.6) is 0 Å². The van der Waals surface area contributed by atoms with Gasteiger partial charge in [-0.1, -0.05) is 6.42 Å². The fraction of sp³-hybridized carbons (Fsp3) is 0.933. The molecule has 20 heavy (non-hydrogen) atoms. The summed E-state index contributed by atoms with van der Waals surface area (Å²) < 4.78 is 0. The summed E-state index contributed by atoms with van der Waals surface area (Å²) in [4.78, 5) is 16.9. The van der Waals surface area contributed by atoms with Crippen molar-refractivity contribution < 1.29 is 9.90 Å². The first kappa shape index (κ1) is 14.3. The molecule has 0 spiro atoms. The third-order valence-electron chi connectivity index (χ3n) is 5.26. The van der Waals surface area contributed by atoms with E-state index in [0.717, 1.165) is 13.1 Å². The molecule has 0 aromatic carbocycles. The number of nitrogens with zero attached hydrogens (tertiary/aromatic N) is 2. The number of fused-ring (bicyclic) bond motifs is 1. The van der Waals surface area contributed by atoms with Gasteiger partial charge in [-0.05, 0) is 51.7 Å². The number of β-amino-alcohol motifs (C(OH)–C–C–N with tert-alkyl or cyclic N) is 1. The molecule has 3 fully saturated rings. The topological polar surface area (TPSA) is 55.8 Å².